The highest BCUT2D eigenvalue weighted by Gasteiger charge is 2.20. The van der Waals surface area contributed by atoms with E-state index < -0.39 is 6.10 Å². The fourth-order valence-corrected chi connectivity index (χ4v) is 12.0. The summed E-state index contributed by atoms with van der Waals surface area (Å²) < 4.78 is 17.0. The first kappa shape index (κ1) is 81.2. The topological polar surface area (TPSA) is 78.9 Å². The molecule has 0 rings (SSSR count). The lowest BCUT2D eigenvalue weighted by molar-refractivity contribution is -0.167. The maximum Gasteiger partial charge on any atom is 0.306 e. The normalized spacial score (nSPS) is 12.0. The number of allylic oxidation sites excluding steroid dienone is 2. The maximum atomic E-state index is 12.9. The Bertz CT molecular complexity index is 1300. The number of carbonyl (C=O) groups excluding carboxylic acids is 3. The third-order valence-electron chi connectivity index (χ3n) is 17.8. The average molecular weight is 1170 g/mol. The summed E-state index contributed by atoms with van der Waals surface area (Å²) in [4.78, 5) is 38.4. The summed E-state index contributed by atoms with van der Waals surface area (Å²) in [7, 11) is 0. The van der Waals surface area contributed by atoms with E-state index in [1.54, 1.807) is 0 Å². The van der Waals surface area contributed by atoms with E-state index >= 15 is 0 Å². The van der Waals surface area contributed by atoms with E-state index in [1.807, 2.05) is 0 Å². The maximum absolute atomic E-state index is 12.9. The van der Waals surface area contributed by atoms with E-state index in [4.69, 9.17) is 14.2 Å². The second-order valence-electron chi connectivity index (χ2n) is 26.3. The minimum absolute atomic E-state index is 0.0641. The molecule has 0 saturated carbocycles. The first-order valence-electron chi connectivity index (χ1n) is 38.2. The second kappa shape index (κ2) is 72.6. The monoisotopic (exact) mass is 1170 g/mol. The zero-order valence-electron chi connectivity index (χ0n) is 56.8. The Labute approximate surface area is 520 Å². The Hall–Kier alpha value is -1.85. The van der Waals surface area contributed by atoms with Crippen molar-refractivity contribution >= 4 is 17.9 Å². The Kier molecular flexibility index (Phi) is 71.0. The quantitative estimate of drug-likeness (QED) is 0.0261. The number of unbranched alkanes of at least 4 members (excludes halogenated alkanes) is 59. The summed E-state index contributed by atoms with van der Waals surface area (Å²) in [5.41, 5.74) is 0. The van der Waals surface area contributed by atoms with Crippen LogP contribution in [-0.2, 0) is 28.6 Å². The Balaban J connectivity index is 4.01. The highest BCUT2D eigenvalue weighted by Crippen LogP contribution is 2.20. The molecular weight excluding hydrogens is 1020 g/mol. The van der Waals surface area contributed by atoms with Crippen molar-refractivity contribution in [3.8, 4) is 0 Å². The van der Waals surface area contributed by atoms with Crippen LogP contribution in [0.4, 0.5) is 0 Å². The minimum Gasteiger partial charge on any atom is -0.462 e. The van der Waals surface area contributed by atoms with E-state index in [0.717, 1.165) is 57.8 Å². The molecule has 0 radical (unpaired) electrons. The van der Waals surface area contributed by atoms with Crippen LogP contribution >= 0.6 is 0 Å². The molecule has 0 spiro atoms. The molecule has 492 valence electrons. The molecular formula is C77H148O6. The molecule has 0 aliphatic rings. The Morgan fingerprint density at radius 2 is 0.398 bits per heavy atom. The molecule has 0 aromatic rings. The van der Waals surface area contributed by atoms with Crippen LogP contribution < -0.4 is 0 Å². The molecule has 6 nitrogen and oxygen atoms in total. The van der Waals surface area contributed by atoms with Crippen LogP contribution in [0, 0.1) is 0 Å². The van der Waals surface area contributed by atoms with Gasteiger partial charge >= 0.3 is 17.9 Å². The third kappa shape index (κ3) is 70.8. The van der Waals surface area contributed by atoms with Gasteiger partial charge in [-0.2, -0.15) is 0 Å². The van der Waals surface area contributed by atoms with Crippen LogP contribution in [0.3, 0.4) is 0 Å². The van der Waals surface area contributed by atoms with Crippen molar-refractivity contribution in [1.82, 2.24) is 0 Å². The Morgan fingerprint density at radius 1 is 0.229 bits per heavy atom. The molecule has 0 aromatic carbocycles. The molecule has 83 heavy (non-hydrogen) atoms. The molecule has 0 aliphatic carbocycles. The zero-order valence-corrected chi connectivity index (χ0v) is 56.8. The van der Waals surface area contributed by atoms with Gasteiger partial charge in [-0.25, -0.2) is 0 Å². The van der Waals surface area contributed by atoms with Gasteiger partial charge in [-0.3, -0.25) is 14.4 Å². The first-order chi connectivity index (χ1) is 41.0. The van der Waals surface area contributed by atoms with E-state index in [2.05, 4.69) is 32.9 Å². The molecule has 6 heteroatoms. The first-order valence-corrected chi connectivity index (χ1v) is 38.2. The zero-order chi connectivity index (χ0) is 59.9. The molecule has 0 bridgehead atoms. The molecule has 0 aliphatic heterocycles. The highest BCUT2D eigenvalue weighted by molar-refractivity contribution is 5.71. The van der Waals surface area contributed by atoms with E-state index in [1.165, 1.54) is 347 Å². The van der Waals surface area contributed by atoms with Gasteiger partial charge in [0.25, 0.3) is 0 Å². The van der Waals surface area contributed by atoms with Gasteiger partial charge in [0.2, 0.25) is 0 Å². The molecule has 0 amide bonds. The predicted molar refractivity (Wildman–Crippen MR) is 363 cm³/mol. The fourth-order valence-electron chi connectivity index (χ4n) is 12.0. The number of ether oxygens (including phenoxy) is 3. The summed E-state index contributed by atoms with van der Waals surface area (Å²) in [5.74, 6) is -0.834. The summed E-state index contributed by atoms with van der Waals surface area (Å²) in [6.07, 6.45) is 88.6. The lowest BCUT2D eigenvalue weighted by atomic mass is 10.0. The molecule has 0 saturated heterocycles. The number of esters is 3. The summed E-state index contributed by atoms with van der Waals surface area (Å²) in [5, 5.41) is 0. The number of rotatable bonds is 72. The Morgan fingerprint density at radius 3 is 0.602 bits per heavy atom. The lowest BCUT2D eigenvalue weighted by Crippen LogP contribution is -2.30. The fraction of sp³-hybridized carbons (Fsp3) is 0.935. The van der Waals surface area contributed by atoms with Crippen LogP contribution in [0.15, 0.2) is 12.2 Å². The van der Waals surface area contributed by atoms with Crippen LogP contribution in [-0.4, -0.2) is 37.2 Å². The highest BCUT2D eigenvalue weighted by atomic mass is 16.6. The van der Waals surface area contributed by atoms with E-state index in [-0.39, 0.29) is 31.1 Å². The van der Waals surface area contributed by atoms with E-state index in [0.29, 0.717) is 19.3 Å². The van der Waals surface area contributed by atoms with Gasteiger partial charge in [0.05, 0.1) is 0 Å². The van der Waals surface area contributed by atoms with Crippen molar-refractivity contribution in [3.63, 3.8) is 0 Å². The minimum atomic E-state index is -0.767. The second-order valence-corrected chi connectivity index (χ2v) is 26.3. The van der Waals surface area contributed by atoms with Crippen LogP contribution in [0.5, 0.6) is 0 Å². The summed E-state index contributed by atoms with van der Waals surface area (Å²) in [6, 6.07) is 0. The molecule has 0 fully saturated rings. The van der Waals surface area contributed by atoms with Gasteiger partial charge in [0, 0.05) is 19.3 Å². The molecule has 1 atom stereocenters. The van der Waals surface area contributed by atoms with Gasteiger partial charge in [-0.05, 0) is 44.9 Å². The van der Waals surface area contributed by atoms with Crippen LogP contribution in [0.2, 0.25) is 0 Å². The number of hydrogen-bond acceptors (Lipinski definition) is 6. The third-order valence-corrected chi connectivity index (χ3v) is 17.8. The molecule has 0 N–H and O–H groups in total. The predicted octanol–water partition coefficient (Wildman–Crippen LogP) is 26.3. The molecule has 1 unspecified atom stereocenters. The lowest BCUT2D eigenvalue weighted by Gasteiger charge is -2.18. The summed E-state index contributed by atoms with van der Waals surface area (Å²) in [6.45, 7) is 6.72. The van der Waals surface area contributed by atoms with Crippen molar-refractivity contribution in [3.05, 3.63) is 12.2 Å². The largest absolute Gasteiger partial charge is 0.462 e. The van der Waals surface area contributed by atoms with Gasteiger partial charge in [-0.15, -0.1) is 0 Å². The van der Waals surface area contributed by atoms with Crippen LogP contribution in [0.1, 0.15) is 445 Å². The van der Waals surface area contributed by atoms with Crippen molar-refractivity contribution < 1.29 is 28.6 Å². The van der Waals surface area contributed by atoms with Crippen molar-refractivity contribution in [1.29, 1.82) is 0 Å². The molecule has 0 aromatic heterocycles. The van der Waals surface area contributed by atoms with Gasteiger partial charge in [-0.1, -0.05) is 392 Å². The number of hydrogen-bond donors (Lipinski definition) is 0. The standard InChI is InChI=1S/C77H148O6/c1-4-7-10-13-16-19-22-24-26-28-30-32-33-34-35-36-37-38-39-40-41-42-43-44-46-47-49-51-53-55-58-61-64-67-70-76(79)82-73-74(72-81-75(78)69-66-63-60-57-21-18-15-12-9-6-3)83-77(80)71-68-65-62-59-56-54-52-50-48-45-31-29-27-25-23-20-17-14-11-8-5-2/h29,31,74H,4-28,30,32-73H2,1-3H3/b31-29-. The van der Waals surface area contributed by atoms with Crippen molar-refractivity contribution in [2.24, 2.45) is 0 Å². The average Bonchev–Trinajstić information content (AvgIpc) is 3.49. The summed E-state index contributed by atoms with van der Waals surface area (Å²) >= 11 is 0. The SMILES string of the molecule is CCCCCCCCCC/C=C\CCCCCCCCCCCC(=O)OC(COC(=O)CCCCCCCCCCCC)COC(=O)CCCCCCCCCCCCCCCCCCCCCCCCCCCCCCCCCCCC. The van der Waals surface area contributed by atoms with E-state index in [9.17, 15) is 14.4 Å². The molecule has 0 heterocycles. The van der Waals surface area contributed by atoms with Crippen LogP contribution in [0.25, 0.3) is 0 Å². The van der Waals surface area contributed by atoms with Gasteiger partial charge in [0.15, 0.2) is 6.10 Å². The van der Waals surface area contributed by atoms with Crippen molar-refractivity contribution in [2.45, 2.75) is 451 Å². The van der Waals surface area contributed by atoms with Gasteiger partial charge in [0.1, 0.15) is 13.2 Å². The number of carbonyl (C=O) groups is 3. The smallest absolute Gasteiger partial charge is 0.306 e. The van der Waals surface area contributed by atoms with Crippen molar-refractivity contribution in [2.75, 3.05) is 13.2 Å². The van der Waals surface area contributed by atoms with Gasteiger partial charge < -0.3 is 14.2 Å².